The van der Waals surface area contributed by atoms with Gasteiger partial charge < -0.3 is 9.84 Å². The smallest absolute Gasteiger partial charge is 0.381 e. The molecule has 0 aromatic heterocycles. The summed E-state index contributed by atoms with van der Waals surface area (Å²) in [4.78, 5) is 0. The molecule has 80 valence electrons. The van der Waals surface area contributed by atoms with E-state index in [2.05, 4.69) is 4.74 Å². The van der Waals surface area contributed by atoms with Crippen LogP contribution < -0.4 is 0 Å². The first kappa shape index (κ1) is 12.7. The molecule has 0 saturated heterocycles. The van der Waals surface area contributed by atoms with Crippen molar-refractivity contribution in [3.8, 4) is 0 Å². The first-order chi connectivity index (χ1) is 5.87. The third kappa shape index (κ3) is 3.52. The zero-order valence-electron chi connectivity index (χ0n) is 7.82. The van der Waals surface area contributed by atoms with E-state index in [0.29, 0.717) is 12.8 Å². The summed E-state index contributed by atoms with van der Waals surface area (Å²) >= 11 is 0. The van der Waals surface area contributed by atoms with E-state index in [0.717, 1.165) is 7.11 Å². The zero-order chi connectivity index (χ0) is 10.5. The standard InChI is InChI=1S/C8H15F3O2/c1-3-4-5-7(12,6-13-2)8(9,10)11/h12H,3-6H2,1-2H3. The van der Waals surface area contributed by atoms with Crippen LogP contribution in [0.1, 0.15) is 26.2 Å². The molecule has 0 aromatic carbocycles. The van der Waals surface area contributed by atoms with E-state index in [1.807, 2.05) is 0 Å². The molecule has 0 amide bonds. The van der Waals surface area contributed by atoms with Gasteiger partial charge in [0.15, 0.2) is 5.60 Å². The number of unbranched alkanes of at least 4 members (excludes halogenated alkanes) is 1. The Bertz CT molecular complexity index is 147. The predicted molar refractivity (Wildman–Crippen MR) is 42.4 cm³/mol. The molecule has 0 spiro atoms. The first-order valence-electron chi connectivity index (χ1n) is 4.15. The van der Waals surface area contributed by atoms with E-state index in [1.165, 1.54) is 0 Å². The predicted octanol–water partition coefficient (Wildman–Crippen LogP) is 2.12. The number of hydrogen-bond donors (Lipinski definition) is 1. The quantitative estimate of drug-likeness (QED) is 0.736. The van der Waals surface area contributed by atoms with Crippen LogP contribution in [-0.2, 0) is 4.74 Å². The van der Waals surface area contributed by atoms with Gasteiger partial charge in [-0.25, -0.2) is 0 Å². The SMILES string of the molecule is CCCCC(O)(COC)C(F)(F)F. The van der Waals surface area contributed by atoms with Crippen molar-refractivity contribution < 1.29 is 23.0 Å². The second-order valence-corrected chi connectivity index (χ2v) is 3.07. The molecular formula is C8H15F3O2. The maximum Gasteiger partial charge on any atom is 0.419 e. The number of aliphatic hydroxyl groups is 1. The third-order valence-electron chi connectivity index (χ3n) is 1.85. The van der Waals surface area contributed by atoms with E-state index in [9.17, 15) is 18.3 Å². The Morgan fingerprint density at radius 2 is 1.85 bits per heavy atom. The number of halogens is 3. The Balaban J connectivity index is 4.34. The highest BCUT2D eigenvalue weighted by atomic mass is 19.4. The Morgan fingerprint density at radius 1 is 1.31 bits per heavy atom. The van der Waals surface area contributed by atoms with Crippen molar-refractivity contribution in [2.45, 2.75) is 38.0 Å². The van der Waals surface area contributed by atoms with Crippen LogP contribution in [-0.4, -0.2) is 30.6 Å². The van der Waals surface area contributed by atoms with E-state index < -0.39 is 18.4 Å². The monoisotopic (exact) mass is 200 g/mol. The van der Waals surface area contributed by atoms with E-state index in [-0.39, 0.29) is 6.42 Å². The molecule has 0 rings (SSSR count). The summed E-state index contributed by atoms with van der Waals surface area (Å²) in [6.07, 6.45) is -3.97. The maximum atomic E-state index is 12.3. The van der Waals surface area contributed by atoms with Gasteiger partial charge in [-0.3, -0.25) is 0 Å². The minimum atomic E-state index is -4.61. The zero-order valence-corrected chi connectivity index (χ0v) is 7.82. The molecule has 13 heavy (non-hydrogen) atoms. The van der Waals surface area contributed by atoms with Gasteiger partial charge in [0.25, 0.3) is 0 Å². The summed E-state index contributed by atoms with van der Waals surface area (Å²) < 4.78 is 41.2. The molecule has 2 nitrogen and oxygen atoms in total. The molecule has 0 fully saturated rings. The van der Waals surface area contributed by atoms with Crippen LogP contribution in [0.4, 0.5) is 13.2 Å². The highest BCUT2D eigenvalue weighted by Crippen LogP contribution is 2.34. The molecule has 1 atom stereocenters. The average Bonchev–Trinajstić information content (AvgIpc) is 1.99. The summed E-state index contributed by atoms with van der Waals surface area (Å²) in [5, 5.41) is 9.23. The number of methoxy groups -OCH3 is 1. The van der Waals surface area contributed by atoms with Crippen LogP contribution in [0.3, 0.4) is 0 Å². The van der Waals surface area contributed by atoms with Gasteiger partial charge in [0, 0.05) is 7.11 Å². The van der Waals surface area contributed by atoms with Crippen molar-refractivity contribution in [3.05, 3.63) is 0 Å². The minimum Gasteiger partial charge on any atom is -0.381 e. The topological polar surface area (TPSA) is 29.5 Å². The number of rotatable bonds is 5. The first-order valence-corrected chi connectivity index (χ1v) is 4.15. The fraction of sp³-hybridized carbons (Fsp3) is 1.00. The minimum absolute atomic E-state index is 0.305. The van der Waals surface area contributed by atoms with E-state index in [1.54, 1.807) is 6.92 Å². The molecule has 0 heterocycles. The van der Waals surface area contributed by atoms with Crippen molar-refractivity contribution in [2.24, 2.45) is 0 Å². The van der Waals surface area contributed by atoms with Gasteiger partial charge in [-0.1, -0.05) is 19.8 Å². The van der Waals surface area contributed by atoms with Crippen molar-refractivity contribution in [1.29, 1.82) is 0 Å². The van der Waals surface area contributed by atoms with Crippen LogP contribution in [0.15, 0.2) is 0 Å². The molecule has 0 aliphatic heterocycles. The van der Waals surface area contributed by atoms with Crippen LogP contribution in [0.5, 0.6) is 0 Å². The highest BCUT2D eigenvalue weighted by molar-refractivity contribution is 4.86. The Hall–Kier alpha value is -0.290. The largest absolute Gasteiger partial charge is 0.419 e. The lowest BCUT2D eigenvalue weighted by Gasteiger charge is -2.29. The molecule has 0 aliphatic carbocycles. The lowest BCUT2D eigenvalue weighted by Crippen LogP contribution is -2.48. The Labute approximate surface area is 75.7 Å². The van der Waals surface area contributed by atoms with Crippen LogP contribution in [0.25, 0.3) is 0 Å². The molecule has 5 heteroatoms. The fourth-order valence-electron chi connectivity index (χ4n) is 1.00. The second-order valence-electron chi connectivity index (χ2n) is 3.07. The Morgan fingerprint density at radius 3 is 2.15 bits per heavy atom. The van der Waals surface area contributed by atoms with Gasteiger partial charge in [0.2, 0.25) is 0 Å². The molecule has 0 saturated carbocycles. The van der Waals surface area contributed by atoms with Crippen LogP contribution in [0, 0.1) is 0 Å². The van der Waals surface area contributed by atoms with Gasteiger partial charge in [-0.05, 0) is 6.42 Å². The molecule has 1 unspecified atom stereocenters. The molecule has 1 N–H and O–H groups in total. The number of hydrogen-bond acceptors (Lipinski definition) is 2. The summed E-state index contributed by atoms with van der Waals surface area (Å²) in [6.45, 7) is 1.07. The molecular weight excluding hydrogens is 185 g/mol. The highest BCUT2D eigenvalue weighted by Gasteiger charge is 2.53. The van der Waals surface area contributed by atoms with Gasteiger partial charge in [-0.15, -0.1) is 0 Å². The van der Waals surface area contributed by atoms with Crippen molar-refractivity contribution in [1.82, 2.24) is 0 Å². The van der Waals surface area contributed by atoms with Crippen LogP contribution >= 0.6 is 0 Å². The lowest BCUT2D eigenvalue weighted by molar-refractivity contribution is -0.275. The Kier molecular flexibility index (Phi) is 4.70. The van der Waals surface area contributed by atoms with Crippen molar-refractivity contribution >= 4 is 0 Å². The van der Waals surface area contributed by atoms with Gasteiger partial charge in [-0.2, -0.15) is 13.2 Å². The van der Waals surface area contributed by atoms with E-state index in [4.69, 9.17) is 0 Å². The molecule has 0 radical (unpaired) electrons. The third-order valence-corrected chi connectivity index (χ3v) is 1.85. The molecule has 0 aliphatic rings. The van der Waals surface area contributed by atoms with Crippen molar-refractivity contribution in [3.63, 3.8) is 0 Å². The summed E-state index contributed by atoms with van der Waals surface area (Å²) in [7, 11) is 1.14. The summed E-state index contributed by atoms with van der Waals surface area (Å²) in [5.41, 5.74) is -2.68. The normalized spacial score (nSPS) is 17.1. The van der Waals surface area contributed by atoms with Gasteiger partial charge in [0.1, 0.15) is 0 Å². The summed E-state index contributed by atoms with van der Waals surface area (Å²) in [5.74, 6) is 0. The fourth-order valence-corrected chi connectivity index (χ4v) is 1.00. The van der Waals surface area contributed by atoms with Gasteiger partial charge >= 0.3 is 6.18 Å². The van der Waals surface area contributed by atoms with E-state index >= 15 is 0 Å². The second kappa shape index (κ2) is 4.81. The van der Waals surface area contributed by atoms with Crippen LogP contribution in [0.2, 0.25) is 0 Å². The van der Waals surface area contributed by atoms with Gasteiger partial charge in [0.05, 0.1) is 6.61 Å². The molecule has 0 aromatic rings. The lowest BCUT2D eigenvalue weighted by atomic mass is 9.97. The average molecular weight is 200 g/mol. The maximum absolute atomic E-state index is 12.3. The summed E-state index contributed by atoms with van der Waals surface area (Å²) in [6, 6.07) is 0. The number of ether oxygens (including phenoxy) is 1. The number of alkyl halides is 3. The molecule has 0 bridgehead atoms. The van der Waals surface area contributed by atoms with Crippen molar-refractivity contribution in [2.75, 3.05) is 13.7 Å².